The van der Waals surface area contributed by atoms with Crippen molar-refractivity contribution in [2.24, 2.45) is 5.92 Å². The van der Waals surface area contributed by atoms with E-state index in [0.717, 1.165) is 16.9 Å². The van der Waals surface area contributed by atoms with Gasteiger partial charge in [-0.25, -0.2) is 0 Å². The summed E-state index contributed by atoms with van der Waals surface area (Å²) >= 11 is 0. The third kappa shape index (κ3) is 5.62. The second-order valence-electron chi connectivity index (χ2n) is 6.21. The molecule has 1 amide bonds. The number of carbonyl (C=O) groups is 2. The van der Waals surface area contributed by atoms with Gasteiger partial charge < -0.3 is 14.4 Å². The van der Waals surface area contributed by atoms with E-state index in [4.69, 9.17) is 9.47 Å². The minimum atomic E-state index is -0.391. The standard InChI is InChI=1S/C21H25NO4/c1-16(21(24)26-3)14-22(15-18-9-11-19(25-2)12-10-18)20(23)13-17-7-5-4-6-8-17/h4-12,16H,13-15H2,1-3H3. The monoisotopic (exact) mass is 355 g/mol. The van der Waals surface area contributed by atoms with E-state index in [0.29, 0.717) is 19.5 Å². The molecule has 2 aromatic rings. The predicted molar refractivity (Wildman–Crippen MR) is 99.7 cm³/mol. The number of nitrogens with zero attached hydrogens (tertiary/aromatic N) is 1. The maximum absolute atomic E-state index is 12.8. The molecule has 5 nitrogen and oxygen atoms in total. The summed E-state index contributed by atoms with van der Waals surface area (Å²) in [4.78, 5) is 26.3. The van der Waals surface area contributed by atoms with Crippen molar-refractivity contribution < 1.29 is 19.1 Å². The fourth-order valence-electron chi connectivity index (χ4n) is 2.69. The van der Waals surface area contributed by atoms with Crippen LogP contribution in [0.4, 0.5) is 0 Å². The average Bonchev–Trinajstić information content (AvgIpc) is 2.68. The highest BCUT2D eigenvalue weighted by Gasteiger charge is 2.22. The quantitative estimate of drug-likeness (QED) is 0.683. The molecule has 0 aromatic heterocycles. The second kappa shape index (κ2) is 9.61. The zero-order chi connectivity index (χ0) is 18.9. The Hall–Kier alpha value is -2.82. The normalized spacial score (nSPS) is 11.5. The largest absolute Gasteiger partial charge is 0.497 e. The van der Waals surface area contributed by atoms with Crippen molar-refractivity contribution in [3.05, 3.63) is 65.7 Å². The van der Waals surface area contributed by atoms with Crippen LogP contribution in [-0.2, 0) is 27.3 Å². The molecule has 1 unspecified atom stereocenters. The number of hydrogen-bond donors (Lipinski definition) is 0. The molecule has 26 heavy (non-hydrogen) atoms. The van der Waals surface area contributed by atoms with Crippen molar-refractivity contribution >= 4 is 11.9 Å². The van der Waals surface area contributed by atoms with Crippen LogP contribution in [0.5, 0.6) is 5.75 Å². The van der Waals surface area contributed by atoms with Crippen LogP contribution in [0.15, 0.2) is 54.6 Å². The molecule has 0 heterocycles. The van der Waals surface area contributed by atoms with Gasteiger partial charge in [0.2, 0.25) is 5.91 Å². The van der Waals surface area contributed by atoms with Gasteiger partial charge in [0.25, 0.3) is 0 Å². The Morgan fingerprint density at radius 3 is 2.19 bits per heavy atom. The summed E-state index contributed by atoms with van der Waals surface area (Å²) < 4.78 is 9.97. The highest BCUT2D eigenvalue weighted by molar-refractivity contribution is 5.80. The molecule has 0 aliphatic carbocycles. The van der Waals surface area contributed by atoms with E-state index >= 15 is 0 Å². The highest BCUT2D eigenvalue weighted by Crippen LogP contribution is 2.15. The maximum atomic E-state index is 12.8. The van der Waals surface area contributed by atoms with Crippen molar-refractivity contribution in [3.8, 4) is 5.75 Å². The van der Waals surface area contributed by atoms with Crippen molar-refractivity contribution in [2.45, 2.75) is 19.9 Å². The molecule has 2 rings (SSSR count). The number of amides is 1. The minimum absolute atomic E-state index is 0.0252. The molecule has 2 aromatic carbocycles. The second-order valence-corrected chi connectivity index (χ2v) is 6.21. The first-order valence-corrected chi connectivity index (χ1v) is 8.56. The van der Waals surface area contributed by atoms with Gasteiger partial charge in [-0.3, -0.25) is 9.59 Å². The van der Waals surface area contributed by atoms with Crippen molar-refractivity contribution in [3.63, 3.8) is 0 Å². The van der Waals surface area contributed by atoms with E-state index in [1.807, 2.05) is 54.6 Å². The van der Waals surface area contributed by atoms with E-state index in [-0.39, 0.29) is 11.9 Å². The van der Waals surface area contributed by atoms with Gasteiger partial charge in [0.1, 0.15) is 5.75 Å². The molecule has 1 atom stereocenters. The fourth-order valence-corrected chi connectivity index (χ4v) is 2.69. The minimum Gasteiger partial charge on any atom is -0.497 e. The van der Waals surface area contributed by atoms with Gasteiger partial charge in [0, 0.05) is 13.1 Å². The molecule has 0 N–H and O–H groups in total. The molecule has 0 aliphatic rings. The van der Waals surface area contributed by atoms with Crippen LogP contribution < -0.4 is 4.74 Å². The van der Waals surface area contributed by atoms with E-state index in [2.05, 4.69) is 0 Å². The third-order valence-corrected chi connectivity index (χ3v) is 4.18. The Labute approximate surface area is 154 Å². The molecule has 5 heteroatoms. The van der Waals surface area contributed by atoms with Crippen molar-refractivity contribution in [2.75, 3.05) is 20.8 Å². The number of benzene rings is 2. The molecule has 0 fully saturated rings. The van der Waals surface area contributed by atoms with Gasteiger partial charge in [-0.05, 0) is 23.3 Å². The first-order valence-electron chi connectivity index (χ1n) is 8.56. The third-order valence-electron chi connectivity index (χ3n) is 4.18. The number of rotatable bonds is 8. The number of carbonyl (C=O) groups excluding carboxylic acids is 2. The summed E-state index contributed by atoms with van der Waals surface area (Å²) in [6.07, 6.45) is 0.297. The zero-order valence-corrected chi connectivity index (χ0v) is 15.5. The number of ether oxygens (including phenoxy) is 2. The van der Waals surface area contributed by atoms with Crippen LogP contribution in [-0.4, -0.2) is 37.5 Å². The average molecular weight is 355 g/mol. The lowest BCUT2D eigenvalue weighted by Gasteiger charge is -2.25. The fraction of sp³-hybridized carbons (Fsp3) is 0.333. The van der Waals surface area contributed by atoms with Crippen LogP contribution in [0.2, 0.25) is 0 Å². The maximum Gasteiger partial charge on any atom is 0.310 e. The Morgan fingerprint density at radius 2 is 1.62 bits per heavy atom. The van der Waals surface area contributed by atoms with E-state index < -0.39 is 5.92 Å². The molecule has 0 spiro atoms. The lowest BCUT2D eigenvalue weighted by atomic mass is 10.1. The summed E-state index contributed by atoms with van der Waals surface area (Å²) in [5.41, 5.74) is 1.92. The summed E-state index contributed by atoms with van der Waals surface area (Å²) in [6.45, 7) is 2.50. The van der Waals surface area contributed by atoms with E-state index in [1.165, 1.54) is 7.11 Å². The topological polar surface area (TPSA) is 55.8 Å². The molecule has 138 valence electrons. The summed E-state index contributed by atoms with van der Waals surface area (Å²) in [5, 5.41) is 0. The van der Waals surface area contributed by atoms with Gasteiger partial charge in [0.15, 0.2) is 0 Å². The first kappa shape index (κ1) is 19.5. The van der Waals surface area contributed by atoms with Crippen LogP contribution in [0, 0.1) is 5.92 Å². The predicted octanol–water partition coefficient (Wildman–Crippen LogP) is 3.08. The van der Waals surface area contributed by atoms with Gasteiger partial charge in [-0.2, -0.15) is 0 Å². The Kier molecular flexibility index (Phi) is 7.21. The van der Waals surface area contributed by atoms with Crippen LogP contribution in [0.3, 0.4) is 0 Å². The Bertz CT molecular complexity index is 713. The molecule has 0 saturated carbocycles. The number of methoxy groups -OCH3 is 2. The molecule has 0 aliphatic heterocycles. The lowest BCUT2D eigenvalue weighted by Crippen LogP contribution is -2.37. The first-order chi connectivity index (χ1) is 12.5. The Balaban J connectivity index is 2.13. The van der Waals surface area contributed by atoms with Crippen LogP contribution >= 0.6 is 0 Å². The van der Waals surface area contributed by atoms with Crippen molar-refractivity contribution in [1.29, 1.82) is 0 Å². The summed E-state index contributed by atoms with van der Waals surface area (Å²) in [5.74, 6) is 0.0248. The van der Waals surface area contributed by atoms with Gasteiger partial charge in [0.05, 0.1) is 26.6 Å². The summed E-state index contributed by atoms with van der Waals surface area (Å²) in [7, 11) is 2.97. The SMILES string of the molecule is COC(=O)C(C)CN(Cc1ccc(OC)cc1)C(=O)Cc1ccccc1. The molecular weight excluding hydrogens is 330 g/mol. The number of hydrogen-bond acceptors (Lipinski definition) is 4. The molecular formula is C21H25NO4. The van der Waals surface area contributed by atoms with Gasteiger partial charge >= 0.3 is 5.97 Å². The van der Waals surface area contributed by atoms with Crippen LogP contribution in [0.1, 0.15) is 18.1 Å². The van der Waals surface area contributed by atoms with Crippen molar-refractivity contribution in [1.82, 2.24) is 4.90 Å². The Morgan fingerprint density at radius 1 is 0.962 bits per heavy atom. The summed E-state index contributed by atoms with van der Waals surface area (Å²) in [6, 6.07) is 17.1. The molecule has 0 radical (unpaired) electrons. The molecule has 0 saturated heterocycles. The van der Waals surface area contributed by atoms with E-state index in [9.17, 15) is 9.59 Å². The highest BCUT2D eigenvalue weighted by atomic mass is 16.5. The van der Waals surface area contributed by atoms with Gasteiger partial charge in [-0.1, -0.05) is 49.4 Å². The van der Waals surface area contributed by atoms with E-state index in [1.54, 1.807) is 18.9 Å². The lowest BCUT2D eigenvalue weighted by molar-refractivity contribution is -0.146. The molecule has 0 bridgehead atoms. The smallest absolute Gasteiger partial charge is 0.310 e. The van der Waals surface area contributed by atoms with Gasteiger partial charge in [-0.15, -0.1) is 0 Å². The number of esters is 1. The zero-order valence-electron chi connectivity index (χ0n) is 15.5. The van der Waals surface area contributed by atoms with Crippen LogP contribution in [0.25, 0.3) is 0 Å².